The zero-order valence-corrected chi connectivity index (χ0v) is 12.3. The second kappa shape index (κ2) is 6.44. The smallest absolute Gasteiger partial charge is 0.332 e. The Morgan fingerprint density at radius 3 is 2.24 bits per heavy atom. The van der Waals surface area contributed by atoms with Gasteiger partial charge in [0.05, 0.1) is 17.0 Å². The van der Waals surface area contributed by atoms with Gasteiger partial charge in [-0.2, -0.15) is 13.7 Å². The van der Waals surface area contributed by atoms with Crippen molar-refractivity contribution >= 4 is 27.8 Å². The van der Waals surface area contributed by atoms with Crippen molar-refractivity contribution < 1.29 is 12.6 Å². The van der Waals surface area contributed by atoms with E-state index in [1.54, 1.807) is 24.3 Å². The maximum Gasteiger partial charge on any atom is 0.332 e. The van der Waals surface area contributed by atoms with Gasteiger partial charge in [0.25, 0.3) is 0 Å². The van der Waals surface area contributed by atoms with Crippen molar-refractivity contribution in [3.8, 4) is 11.8 Å². The van der Waals surface area contributed by atoms with Crippen LogP contribution in [-0.4, -0.2) is 8.42 Å². The molecule has 0 heterocycles. The Morgan fingerprint density at radius 1 is 1.05 bits per heavy atom. The quantitative estimate of drug-likeness (QED) is 0.808. The lowest BCUT2D eigenvalue weighted by molar-refractivity contribution is 0.497. The van der Waals surface area contributed by atoms with Crippen molar-refractivity contribution in [1.82, 2.24) is 0 Å². The Hall–Kier alpha value is -2.29. The maximum absolute atomic E-state index is 11.8. The molecule has 0 fully saturated rings. The highest BCUT2D eigenvalue weighted by atomic mass is 35.5. The van der Waals surface area contributed by atoms with Gasteiger partial charge in [0.1, 0.15) is 5.75 Å². The lowest BCUT2D eigenvalue weighted by Gasteiger charge is -2.03. The highest BCUT2D eigenvalue weighted by Gasteiger charge is 2.08. The molecule has 0 aliphatic carbocycles. The van der Waals surface area contributed by atoms with Crippen molar-refractivity contribution in [3.63, 3.8) is 0 Å². The molecule has 0 aromatic heterocycles. The Kier molecular flexibility index (Phi) is 4.63. The molecule has 0 unspecified atom stereocenters. The van der Waals surface area contributed by atoms with E-state index in [0.717, 1.165) is 5.41 Å². The number of hydrogen-bond donors (Lipinski definition) is 0. The average molecular weight is 320 g/mol. The SMILES string of the molecule is N#Cc1ccc(OS(=O)(=O)/C=C\c2ccc(Cl)cc2)cc1. The van der Waals surface area contributed by atoms with Gasteiger partial charge < -0.3 is 4.18 Å². The summed E-state index contributed by atoms with van der Waals surface area (Å²) in [5, 5.41) is 10.2. The lowest BCUT2D eigenvalue weighted by atomic mass is 10.2. The molecule has 0 bridgehead atoms. The largest absolute Gasteiger partial charge is 0.379 e. The fourth-order valence-corrected chi connectivity index (χ4v) is 2.37. The molecule has 0 spiro atoms. The van der Waals surface area contributed by atoms with Crippen LogP contribution in [-0.2, 0) is 10.1 Å². The van der Waals surface area contributed by atoms with Crippen molar-refractivity contribution in [2.24, 2.45) is 0 Å². The van der Waals surface area contributed by atoms with Crippen molar-refractivity contribution in [3.05, 3.63) is 70.1 Å². The van der Waals surface area contributed by atoms with Crippen LogP contribution in [0, 0.1) is 11.3 Å². The number of nitriles is 1. The van der Waals surface area contributed by atoms with Crippen LogP contribution in [0.3, 0.4) is 0 Å². The summed E-state index contributed by atoms with van der Waals surface area (Å²) in [5.74, 6) is 0.148. The minimum absolute atomic E-state index is 0.148. The summed E-state index contributed by atoms with van der Waals surface area (Å²) in [5.41, 5.74) is 1.11. The van der Waals surface area contributed by atoms with Crippen LogP contribution in [0.4, 0.5) is 0 Å². The topological polar surface area (TPSA) is 67.2 Å². The molecule has 21 heavy (non-hydrogen) atoms. The molecule has 0 N–H and O–H groups in total. The van der Waals surface area contributed by atoms with Gasteiger partial charge in [-0.3, -0.25) is 0 Å². The molecule has 6 heteroatoms. The van der Waals surface area contributed by atoms with E-state index in [4.69, 9.17) is 21.0 Å². The minimum atomic E-state index is -3.86. The second-order valence-corrected chi connectivity index (χ2v) is 5.93. The Morgan fingerprint density at radius 2 is 1.67 bits per heavy atom. The number of rotatable bonds is 4. The highest BCUT2D eigenvalue weighted by molar-refractivity contribution is 7.90. The first-order valence-electron chi connectivity index (χ1n) is 5.87. The average Bonchev–Trinajstić information content (AvgIpc) is 2.47. The van der Waals surface area contributed by atoms with Gasteiger partial charge in [-0.15, -0.1) is 0 Å². The molecule has 2 aromatic carbocycles. The third kappa shape index (κ3) is 4.63. The zero-order valence-electron chi connectivity index (χ0n) is 10.7. The lowest BCUT2D eigenvalue weighted by Crippen LogP contribution is -2.04. The van der Waals surface area contributed by atoms with Crippen LogP contribution >= 0.6 is 11.6 Å². The van der Waals surface area contributed by atoms with Gasteiger partial charge in [-0.25, -0.2) is 0 Å². The van der Waals surface area contributed by atoms with Gasteiger partial charge in [0, 0.05) is 5.02 Å². The number of hydrogen-bond acceptors (Lipinski definition) is 4. The number of nitrogens with zero attached hydrogens (tertiary/aromatic N) is 1. The van der Waals surface area contributed by atoms with Gasteiger partial charge >= 0.3 is 10.1 Å². The summed E-state index contributed by atoms with van der Waals surface area (Å²) in [7, 11) is -3.86. The van der Waals surface area contributed by atoms with Gasteiger partial charge in [-0.05, 0) is 48.0 Å². The Labute approximate surface area is 128 Å². The molecule has 2 aromatic rings. The summed E-state index contributed by atoms with van der Waals surface area (Å²) >= 11 is 5.74. The Bertz CT molecular complexity index is 788. The molecule has 0 amide bonds. The van der Waals surface area contributed by atoms with E-state index in [9.17, 15) is 8.42 Å². The fraction of sp³-hybridized carbons (Fsp3) is 0. The maximum atomic E-state index is 11.8. The van der Waals surface area contributed by atoms with Gasteiger partial charge in [0.2, 0.25) is 0 Å². The van der Waals surface area contributed by atoms with Crippen molar-refractivity contribution in [1.29, 1.82) is 5.26 Å². The van der Waals surface area contributed by atoms with E-state index in [-0.39, 0.29) is 5.75 Å². The summed E-state index contributed by atoms with van der Waals surface area (Å²) < 4.78 is 28.5. The molecular formula is C15H10ClNO3S. The van der Waals surface area contributed by atoms with Gasteiger partial charge in [-0.1, -0.05) is 23.7 Å². The van der Waals surface area contributed by atoms with E-state index < -0.39 is 10.1 Å². The van der Waals surface area contributed by atoms with E-state index in [1.807, 2.05) is 6.07 Å². The van der Waals surface area contributed by atoms with Crippen LogP contribution in [0.25, 0.3) is 6.08 Å². The molecule has 4 nitrogen and oxygen atoms in total. The zero-order chi connectivity index (χ0) is 15.3. The Balaban J connectivity index is 2.11. The number of benzene rings is 2. The van der Waals surface area contributed by atoms with Crippen LogP contribution in [0.15, 0.2) is 53.9 Å². The molecule has 0 saturated carbocycles. The monoisotopic (exact) mass is 319 g/mol. The van der Waals surface area contributed by atoms with Gasteiger partial charge in [0.15, 0.2) is 0 Å². The third-order valence-corrected chi connectivity index (χ3v) is 3.64. The van der Waals surface area contributed by atoms with Crippen LogP contribution in [0.1, 0.15) is 11.1 Å². The predicted molar refractivity (Wildman–Crippen MR) is 81.2 cm³/mol. The minimum Gasteiger partial charge on any atom is -0.379 e. The van der Waals surface area contributed by atoms with Crippen LogP contribution in [0.5, 0.6) is 5.75 Å². The van der Waals surface area contributed by atoms with E-state index in [0.29, 0.717) is 16.1 Å². The summed E-state index contributed by atoms with van der Waals surface area (Å²) in [6.07, 6.45) is 1.41. The van der Waals surface area contributed by atoms with E-state index in [1.165, 1.54) is 30.3 Å². The summed E-state index contributed by atoms with van der Waals surface area (Å²) in [4.78, 5) is 0. The molecule has 0 radical (unpaired) electrons. The highest BCUT2D eigenvalue weighted by Crippen LogP contribution is 2.16. The standard InChI is InChI=1S/C15H10ClNO3S/c16-14-5-1-12(2-6-14)9-10-21(18,19)20-15-7-3-13(11-17)4-8-15/h1-10H/b10-9-. The predicted octanol–water partition coefficient (Wildman–Crippen LogP) is 3.59. The fourth-order valence-electron chi connectivity index (χ4n) is 1.48. The molecular weight excluding hydrogens is 310 g/mol. The third-order valence-electron chi connectivity index (χ3n) is 2.49. The molecule has 2 rings (SSSR count). The first kappa shape index (κ1) is 15.1. The molecule has 0 atom stereocenters. The van der Waals surface area contributed by atoms with Crippen molar-refractivity contribution in [2.45, 2.75) is 0 Å². The normalized spacial score (nSPS) is 11.2. The van der Waals surface area contributed by atoms with Crippen molar-refractivity contribution in [2.75, 3.05) is 0 Å². The molecule has 0 aliphatic rings. The van der Waals surface area contributed by atoms with Crippen LogP contribution in [0.2, 0.25) is 5.02 Å². The molecule has 0 saturated heterocycles. The number of halogens is 1. The van der Waals surface area contributed by atoms with E-state index >= 15 is 0 Å². The second-order valence-electron chi connectivity index (χ2n) is 4.07. The summed E-state index contributed by atoms with van der Waals surface area (Å²) in [6, 6.07) is 14.4. The first-order chi connectivity index (χ1) is 9.98. The molecule has 106 valence electrons. The first-order valence-corrected chi connectivity index (χ1v) is 7.72. The molecule has 0 aliphatic heterocycles. The van der Waals surface area contributed by atoms with E-state index in [2.05, 4.69) is 0 Å². The van der Waals surface area contributed by atoms with Crippen LogP contribution < -0.4 is 4.18 Å². The summed E-state index contributed by atoms with van der Waals surface area (Å²) in [6.45, 7) is 0.